The van der Waals surface area contributed by atoms with Gasteiger partial charge in [0.1, 0.15) is 6.61 Å². The number of aliphatic hydroxyl groups is 1. The molecule has 1 atom stereocenters. The number of likely N-dealkylation sites (N-methyl/N-ethyl adjacent to an activating group) is 1. The van der Waals surface area contributed by atoms with Crippen molar-refractivity contribution in [2.24, 2.45) is 0 Å². The zero-order valence-electron chi connectivity index (χ0n) is 8.99. The molecule has 1 aliphatic rings. The van der Waals surface area contributed by atoms with E-state index in [0.717, 1.165) is 0 Å². The van der Waals surface area contributed by atoms with Crippen molar-refractivity contribution in [2.45, 2.75) is 12.5 Å². The first-order chi connectivity index (χ1) is 6.41. The highest BCUT2D eigenvalue weighted by Crippen LogP contribution is 2.11. The highest BCUT2D eigenvalue weighted by molar-refractivity contribution is 5.69. The van der Waals surface area contributed by atoms with E-state index in [1.807, 2.05) is 19.0 Å². The minimum atomic E-state index is -0.882. The van der Waals surface area contributed by atoms with Gasteiger partial charge in [0.2, 0.25) is 0 Å². The molecule has 14 heavy (non-hydrogen) atoms. The van der Waals surface area contributed by atoms with Gasteiger partial charge in [-0.3, -0.25) is 0 Å². The van der Waals surface area contributed by atoms with Crippen molar-refractivity contribution in [3.05, 3.63) is 0 Å². The lowest BCUT2D eigenvalue weighted by Gasteiger charge is -2.30. The molecular weight excluding hydrogens is 184 g/mol. The fourth-order valence-corrected chi connectivity index (χ4v) is 1.71. The zero-order chi connectivity index (χ0) is 10.8. The van der Waals surface area contributed by atoms with Crippen LogP contribution in [0.15, 0.2) is 0 Å². The summed E-state index contributed by atoms with van der Waals surface area (Å²) in [5, 5.41) is 9.97. The highest BCUT2D eigenvalue weighted by Gasteiger charge is 2.30. The fourth-order valence-electron chi connectivity index (χ4n) is 1.71. The molecule has 82 valence electrons. The maximum Gasteiger partial charge on any atom is 0.410 e. The molecule has 0 aromatic carbocycles. The third-order valence-corrected chi connectivity index (χ3v) is 2.03. The molecule has 5 nitrogen and oxygen atoms in total. The first-order valence-electron chi connectivity index (χ1n) is 4.69. The summed E-state index contributed by atoms with van der Waals surface area (Å²) in [4.78, 5) is 14.5. The molecule has 0 bridgehead atoms. The maximum absolute atomic E-state index is 11.1. The Balaban J connectivity index is 2.45. The Morgan fingerprint density at radius 3 is 2.71 bits per heavy atom. The van der Waals surface area contributed by atoms with Crippen LogP contribution in [-0.2, 0) is 4.74 Å². The standard InChI is InChI=1S/C9H18N2O3/c1-9(13,6-10(2)3)7-11-4-5-14-8(11)12/h13H,4-7H2,1-3H3. The van der Waals surface area contributed by atoms with Gasteiger partial charge >= 0.3 is 6.09 Å². The molecule has 1 aliphatic heterocycles. The van der Waals surface area contributed by atoms with E-state index in [2.05, 4.69) is 0 Å². The number of cyclic esters (lactones) is 1. The van der Waals surface area contributed by atoms with Crippen LogP contribution in [0.25, 0.3) is 0 Å². The number of hydrogen-bond acceptors (Lipinski definition) is 4. The third-order valence-electron chi connectivity index (χ3n) is 2.03. The molecule has 1 saturated heterocycles. The Hall–Kier alpha value is -0.810. The Kier molecular flexibility index (Phi) is 3.34. The number of carbonyl (C=O) groups is 1. The molecule has 0 aromatic rings. The van der Waals surface area contributed by atoms with E-state index in [0.29, 0.717) is 26.2 Å². The van der Waals surface area contributed by atoms with Crippen molar-refractivity contribution >= 4 is 6.09 Å². The van der Waals surface area contributed by atoms with Gasteiger partial charge in [-0.15, -0.1) is 0 Å². The number of amides is 1. The van der Waals surface area contributed by atoms with Crippen molar-refractivity contribution < 1.29 is 14.6 Å². The second-order valence-corrected chi connectivity index (χ2v) is 4.27. The average Bonchev–Trinajstić information content (AvgIpc) is 2.32. The number of β-amino-alcohol motifs (C(OH)–C–C–N with tert-alkyl or cyclic N) is 1. The summed E-state index contributed by atoms with van der Waals surface area (Å²) in [5.74, 6) is 0. The van der Waals surface area contributed by atoms with Crippen LogP contribution in [0.1, 0.15) is 6.92 Å². The van der Waals surface area contributed by atoms with Crippen molar-refractivity contribution in [3.8, 4) is 0 Å². The first kappa shape index (κ1) is 11.3. The SMILES string of the molecule is CN(C)CC(C)(O)CN1CCOC1=O. The van der Waals surface area contributed by atoms with Crippen LogP contribution in [0.4, 0.5) is 4.79 Å². The number of hydrogen-bond donors (Lipinski definition) is 1. The summed E-state index contributed by atoms with van der Waals surface area (Å²) in [6.45, 7) is 3.57. The van der Waals surface area contributed by atoms with E-state index in [-0.39, 0.29) is 6.09 Å². The van der Waals surface area contributed by atoms with Gasteiger partial charge in [0.25, 0.3) is 0 Å². The summed E-state index contributed by atoms with van der Waals surface area (Å²) >= 11 is 0. The van der Waals surface area contributed by atoms with Crippen LogP contribution in [0.2, 0.25) is 0 Å². The molecule has 0 aliphatic carbocycles. The van der Waals surface area contributed by atoms with Crippen molar-refractivity contribution in [3.63, 3.8) is 0 Å². The highest BCUT2D eigenvalue weighted by atomic mass is 16.6. The quantitative estimate of drug-likeness (QED) is 0.683. The Labute approximate surface area is 84.2 Å². The molecule has 0 radical (unpaired) electrons. The smallest absolute Gasteiger partial charge is 0.410 e. The second-order valence-electron chi connectivity index (χ2n) is 4.27. The summed E-state index contributed by atoms with van der Waals surface area (Å²) in [7, 11) is 3.77. The van der Waals surface area contributed by atoms with Gasteiger partial charge in [0.15, 0.2) is 0 Å². The van der Waals surface area contributed by atoms with Crippen LogP contribution in [0.5, 0.6) is 0 Å². The molecule has 1 fully saturated rings. The molecular formula is C9H18N2O3. The van der Waals surface area contributed by atoms with Gasteiger partial charge in [0.05, 0.1) is 18.7 Å². The van der Waals surface area contributed by atoms with Gasteiger partial charge < -0.3 is 19.6 Å². The summed E-state index contributed by atoms with van der Waals surface area (Å²) < 4.78 is 4.78. The molecule has 0 aromatic heterocycles. The maximum atomic E-state index is 11.1. The van der Waals surface area contributed by atoms with E-state index in [1.54, 1.807) is 6.92 Å². The van der Waals surface area contributed by atoms with E-state index >= 15 is 0 Å². The van der Waals surface area contributed by atoms with E-state index in [1.165, 1.54) is 4.90 Å². The van der Waals surface area contributed by atoms with Gasteiger partial charge in [-0.1, -0.05) is 0 Å². The molecule has 1 amide bonds. The van der Waals surface area contributed by atoms with Crippen LogP contribution in [0, 0.1) is 0 Å². The van der Waals surface area contributed by atoms with Gasteiger partial charge in [-0.2, -0.15) is 0 Å². The lowest BCUT2D eigenvalue weighted by Crippen LogP contribution is -2.47. The summed E-state index contributed by atoms with van der Waals surface area (Å²) in [6, 6.07) is 0. The first-order valence-corrected chi connectivity index (χ1v) is 4.69. The molecule has 5 heteroatoms. The normalized spacial score (nSPS) is 21.2. The number of ether oxygens (including phenoxy) is 1. The van der Waals surface area contributed by atoms with E-state index in [9.17, 15) is 9.90 Å². The Bertz CT molecular complexity index is 216. The largest absolute Gasteiger partial charge is 0.448 e. The number of carbonyl (C=O) groups excluding carboxylic acids is 1. The minimum Gasteiger partial charge on any atom is -0.448 e. The molecule has 1 rings (SSSR count). The lowest BCUT2D eigenvalue weighted by molar-refractivity contribution is 0.0112. The zero-order valence-corrected chi connectivity index (χ0v) is 8.99. The average molecular weight is 202 g/mol. The molecule has 0 spiro atoms. The molecule has 1 heterocycles. The van der Waals surface area contributed by atoms with Gasteiger partial charge in [-0.05, 0) is 21.0 Å². The van der Waals surface area contributed by atoms with E-state index in [4.69, 9.17) is 4.74 Å². The summed E-state index contributed by atoms with van der Waals surface area (Å²) in [6.07, 6.45) is -0.330. The lowest BCUT2D eigenvalue weighted by atomic mass is 10.1. The van der Waals surface area contributed by atoms with E-state index < -0.39 is 5.60 Å². The monoisotopic (exact) mass is 202 g/mol. The van der Waals surface area contributed by atoms with Crippen molar-refractivity contribution in [2.75, 3.05) is 40.3 Å². The molecule has 1 unspecified atom stereocenters. The van der Waals surface area contributed by atoms with Crippen molar-refractivity contribution in [1.29, 1.82) is 0 Å². The number of nitrogens with zero attached hydrogens (tertiary/aromatic N) is 2. The van der Waals surface area contributed by atoms with Crippen LogP contribution in [-0.4, -0.2) is 66.9 Å². The molecule has 0 saturated carbocycles. The Morgan fingerprint density at radius 2 is 2.29 bits per heavy atom. The minimum absolute atomic E-state index is 0.323. The van der Waals surface area contributed by atoms with Crippen LogP contribution in [0.3, 0.4) is 0 Å². The topological polar surface area (TPSA) is 53.0 Å². The predicted octanol–water partition coefficient (Wildman–Crippen LogP) is -0.249. The predicted molar refractivity (Wildman–Crippen MR) is 52.1 cm³/mol. The second kappa shape index (κ2) is 4.14. The molecule has 1 N–H and O–H groups in total. The van der Waals surface area contributed by atoms with Crippen LogP contribution < -0.4 is 0 Å². The third kappa shape index (κ3) is 3.16. The van der Waals surface area contributed by atoms with Gasteiger partial charge in [-0.25, -0.2) is 4.79 Å². The fraction of sp³-hybridized carbons (Fsp3) is 0.889. The Morgan fingerprint density at radius 1 is 1.64 bits per heavy atom. The number of rotatable bonds is 4. The van der Waals surface area contributed by atoms with Gasteiger partial charge in [0, 0.05) is 6.54 Å². The summed E-state index contributed by atoms with van der Waals surface area (Å²) in [5.41, 5.74) is -0.882. The van der Waals surface area contributed by atoms with Crippen molar-refractivity contribution in [1.82, 2.24) is 9.80 Å². The van der Waals surface area contributed by atoms with Crippen LogP contribution >= 0.6 is 0 Å².